The number of carbonyl (C=O) groups excluding carboxylic acids is 1. The normalized spacial score (nSPS) is 16.0. The lowest BCUT2D eigenvalue weighted by Gasteiger charge is -2.31. The number of aromatic nitrogens is 2. The summed E-state index contributed by atoms with van der Waals surface area (Å²) in [6.07, 6.45) is 1.37. The molecule has 110 valence electrons. The zero-order valence-electron chi connectivity index (χ0n) is 11.8. The van der Waals surface area contributed by atoms with Gasteiger partial charge >= 0.3 is 6.09 Å². The quantitative estimate of drug-likeness (QED) is 0.866. The smallest absolute Gasteiger partial charge is 0.409 e. The Kier molecular flexibility index (Phi) is 4.60. The molecule has 1 amide bonds. The van der Waals surface area contributed by atoms with Gasteiger partial charge in [-0.05, 0) is 26.7 Å². The van der Waals surface area contributed by atoms with E-state index in [1.807, 2.05) is 0 Å². The van der Waals surface area contributed by atoms with Crippen molar-refractivity contribution in [2.75, 3.05) is 25.0 Å². The Morgan fingerprint density at radius 3 is 2.85 bits per heavy atom. The van der Waals surface area contributed by atoms with Crippen LogP contribution in [0, 0.1) is 6.92 Å². The molecule has 1 fully saturated rings. The Hall–Kier alpha value is -2.05. The van der Waals surface area contributed by atoms with Gasteiger partial charge < -0.3 is 19.9 Å². The lowest BCUT2D eigenvalue weighted by molar-refractivity contribution is 0.0983. The minimum atomic E-state index is -0.254. The molecule has 1 saturated heterocycles. The van der Waals surface area contributed by atoms with Crippen LogP contribution in [0.1, 0.15) is 25.6 Å². The van der Waals surface area contributed by atoms with Gasteiger partial charge in [-0.1, -0.05) is 0 Å². The first-order chi connectivity index (χ1) is 9.58. The summed E-state index contributed by atoms with van der Waals surface area (Å²) in [6.45, 7) is 5.24. The van der Waals surface area contributed by atoms with E-state index in [0.29, 0.717) is 31.3 Å². The number of ether oxygens (including phenoxy) is 1. The van der Waals surface area contributed by atoms with E-state index >= 15 is 0 Å². The molecular formula is C13H20N4O3. The summed E-state index contributed by atoms with van der Waals surface area (Å²) in [5.74, 6) is 1.17. The van der Waals surface area contributed by atoms with Crippen LogP contribution >= 0.6 is 0 Å². The molecule has 2 heterocycles. The van der Waals surface area contributed by atoms with Crippen molar-refractivity contribution in [2.24, 2.45) is 0 Å². The molecule has 1 aliphatic rings. The standard InChI is InChI=1S/C13H20N4O3/c1-3-20-13(19)17-6-4-10(5-7-17)16-11-8-12(18)15-9(2)14-11/h8,10H,3-7H2,1-2H3,(H2,14,15,16,18). The van der Waals surface area contributed by atoms with Crippen LogP contribution in [-0.2, 0) is 4.74 Å². The molecule has 0 spiro atoms. The first kappa shape index (κ1) is 14.4. The maximum Gasteiger partial charge on any atom is 0.409 e. The summed E-state index contributed by atoms with van der Waals surface area (Å²) in [4.78, 5) is 31.5. The van der Waals surface area contributed by atoms with Gasteiger partial charge in [0.1, 0.15) is 11.6 Å². The fourth-order valence-electron chi connectivity index (χ4n) is 2.28. The van der Waals surface area contributed by atoms with Crippen LogP contribution in [0.5, 0.6) is 0 Å². The van der Waals surface area contributed by atoms with E-state index in [0.717, 1.165) is 12.8 Å². The van der Waals surface area contributed by atoms with Crippen LogP contribution < -0.4 is 10.9 Å². The fourth-order valence-corrected chi connectivity index (χ4v) is 2.28. The summed E-state index contributed by atoms with van der Waals surface area (Å²) in [6, 6.07) is 1.67. The van der Waals surface area contributed by atoms with Gasteiger partial charge in [0.25, 0.3) is 5.56 Å². The van der Waals surface area contributed by atoms with E-state index in [1.54, 1.807) is 18.7 Å². The highest BCUT2D eigenvalue weighted by Crippen LogP contribution is 2.15. The van der Waals surface area contributed by atoms with Gasteiger partial charge in [-0.3, -0.25) is 4.79 Å². The van der Waals surface area contributed by atoms with Gasteiger partial charge in [-0.25, -0.2) is 9.78 Å². The van der Waals surface area contributed by atoms with Crippen molar-refractivity contribution in [3.63, 3.8) is 0 Å². The van der Waals surface area contributed by atoms with Crippen molar-refractivity contribution in [3.05, 3.63) is 22.2 Å². The topological polar surface area (TPSA) is 87.3 Å². The van der Waals surface area contributed by atoms with Crippen molar-refractivity contribution < 1.29 is 9.53 Å². The van der Waals surface area contributed by atoms with E-state index in [4.69, 9.17) is 4.74 Å². The molecule has 0 bridgehead atoms. The average Bonchev–Trinajstić information content (AvgIpc) is 2.38. The highest BCUT2D eigenvalue weighted by molar-refractivity contribution is 5.67. The Balaban J connectivity index is 1.88. The van der Waals surface area contributed by atoms with Crippen molar-refractivity contribution in [1.82, 2.24) is 14.9 Å². The third-order valence-electron chi connectivity index (χ3n) is 3.23. The molecule has 1 aromatic heterocycles. The first-order valence-electron chi connectivity index (χ1n) is 6.84. The number of amides is 1. The predicted octanol–water partition coefficient (Wildman–Crippen LogP) is 1.11. The molecule has 7 nitrogen and oxygen atoms in total. The van der Waals surface area contributed by atoms with Gasteiger partial charge in [-0.2, -0.15) is 0 Å². The first-order valence-corrected chi connectivity index (χ1v) is 6.84. The van der Waals surface area contributed by atoms with Gasteiger partial charge in [0.15, 0.2) is 0 Å². The third-order valence-corrected chi connectivity index (χ3v) is 3.23. The number of hydrogen-bond acceptors (Lipinski definition) is 5. The van der Waals surface area contributed by atoms with Crippen LogP contribution in [0.2, 0.25) is 0 Å². The van der Waals surface area contributed by atoms with Gasteiger partial charge in [0.2, 0.25) is 0 Å². The summed E-state index contributed by atoms with van der Waals surface area (Å²) in [7, 11) is 0. The molecule has 7 heteroatoms. The number of aryl methyl sites for hydroxylation is 1. The van der Waals surface area contributed by atoms with Gasteiger partial charge in [0, 0.05) is 25.2 Å². The molecule has 2 rings (SSSR count). The maximum absolute atomic E-state index is 11.6. The molecule has 0 atom stereocenters. The van der Waals surface area contributed by atoms with Crippen LogP contribution in [-0.4, -0.2) is 46.7 Å². The Labute approximate surface area is 117 Å². The average molecular weight is 280 g/mol. The fraction of sp³-hybridized carbons (Fsp3) is 0.615. The minimum Gasteiger partial charge on any atom is -0.450 e. The number of aromatic amines is 1. The number of hydrogen-bond donors (Lipinski definition) is 2. The van der Waals surface area contributed by atoms with Crippen LogP contribution in [0.15, 0.2) is 10.9 Å². The molecule has 0 radical (unpaired) electrons. The second-order valence-corrected chi connectivity index (χ2v) is 4.82. The van der Waals surface area contributed by atoms with Crippen molar-refractivity contribution in [2.45, 2.75) is 32.7 Å². The van der Waals surface area contributed by atoms with E-state index in [1.165, 1.54) is 6.07 Å². The molecule has 0 aliphatic carbocycles. The number of nitrogens with one attached hydrogen (secondary N) is 2. The number of carbonyl (C=O) groups is 1. The summed E-state index contributed by atoms with van der Waals surface area (Å²) in [5, 5.41) is 3.24. The number of nitrogens with zero attached hydrogens (tertiary/aromatic N) is 2. The Morgan fingerprint density at radius 2 is 2.25 bits per heavy atom. The van der Waals surface area contributed by atoms with Crippen LogP contribution in [0.25, 0.3) is 0 Å². The van der Waals surface area contributed by atoms with Crippen LogP contribution in [0.4, 0.5) is 10.6 Å². The third kappa shape index (κ3) is 3.72. The second kappa shape index (κ2) is 6.40. The number of likely N-dealkylation sites (tertiary alicyclic amines) is 1. The molecule has 1 aliphatic heterocycles. The largest absolute Gasteiger partial charge is 0.450 e. The highest BCUT2D eigenvalue weighted by Gasteiger charge is 2.23. The van der Waals surface area contributed by atoms with E-state index < -0.39 is 0 Å². The molecule has 0 aromatic carbocycles. The van der Waals surface area contributed by atoms with E-state index in [2.05, 4.69) is 15.3 Å². The summed E-state index contributed by atoms with van der Waals surface area (Å²) < 4.78 is 4.98. The minimum absolute atomic E-state index is 0.163. The molecule has 0 unspecified atom stereocenters. The van der Waals surface area contributed by atoms with Crippen molar-refractivity contribution >= 4 is 11.9 Å². The Bertz CT molecular complexity index is 521. The van der Waals surface area contributed by atoms with Crippen molar-refractivity contribution in [3.8, 4) is 0 Å². The van der Waals surface area contributed by atoms with E-state index in [9.17, 15) is 9.59 Å². The predicted molar refractivity (Wildman–Crippen MR) is 74.8 cm³/mol. The highest BCUT2D eigenvalue weighted by atomic mass is 16.6. The summed E-state index contributed by atoms with van der Waals surface area (Å²) in [5.41, 5.74) is -0.163. The van der Waals surface area contributed by atoms with Crippen molar-refractivity contribution in [1.29, 1.82) is 0 Å². The van der Waals surface area contributed by atoms with Crippen LogP contribution in [0.3, 0.4) is 0 Å². The number of rotatable bonds is 3. The van der Waals surface area contributed by atoms with Gasteiger partial charge in [0.05, 0.1) is 6.61 Å². The second-order valence-electron chi connectivity index (χ2n) is 4.82. The SMILES string of the molecule is CCOC(=O)N1CCC(Nc2cc(=O)[nH]c(C)n2)CC1. The Morgan fingerprint density at radius 1 is 1.55 bits per heavy atom. The van der Waals surface area contributed by atoms with E-state index in [-0.39, 0.29) is 17.7 Å². The monoisotopic (exact) mass is 280 g/mol. The molecule has 20 heavy (non-hydrogen) atoms. The maximum atomic E-state index is 11.6. The molecule has 2 N–H and O–H groups in total. The lowest BCUT2D eigenvalue weighted by Crippen LogP contribution is -2.42. The zero-order valence-corrected chi connectivity index (χ0v) is 11.8. The summed E-state index contributed by atoms with van der Waals surface area (Å²) >= 11 is 0. The number of H-pyrrole nitrogens is 1. The van der Waals surface area contributed by atoms with Gasteiger partial charge in [-0.15, -0.1) is 0 Å². The molecule has 0 saturated carbocycles. The molecular weight excluding hydrogens is 260 g/mol. The molecule has 1 aromatic rings. The number of piperidine rings is 1. The zero-order chi connectivity index (χ0) is 14.5. The lowest BCUT2D eigenvalue weighted by atomic mass is 10.1. The number of anilines is 1.